The van der Waals surface area contributed by atoms with Gasteiger partial charge in [0.05, 0.1) is 9.61 Å². The van der Waals surface area contributed by atoms with Gasteiger partial charge in [-0.3, -0.25) is 0 Å². The van der Waals surface area contributed by atoms with Crippen molar-refractivity contribution in [3.63, 3.8) is 0 Å². The number of ether oxygens (including phenoxy) is 2. The molecule has 0 radical (unpaired) electrons. The average Bonchev–Trinajstić information content (AvgIpc) is 2.88. The highest BCUT2D eigenvalue weighted by atomic mass is 127. The summed E-state index contributed by atoms with van der Waals surface area (Å²) in [7, 11) is 0. The molecule has 1 aliphatic rings. The van der Waals surface area contributed by atoms with Crippen LogP contribution < -0.4 is 4.74 Å². The summed E-state index contributed by atoms with van der Waals surface area (Å²) < 4.78 is 25.6. The SMILES string of the molecule is CCC1C[C@@H](COc2c(I)ccnc2F)N(C(=O)OC(C)(C)C)C1. The fraction of sp³-hybridized carbons (Fsp3) is 0.647. The Morgan fingerprint density at radius 3 is 2.79 bits per heavy atom. The second-order valence-corrected chi connectivity index (χ2v) is 8.18. The number of halogens is 2. The summed E-state index contributed by atoms with van der Waals surface area (Å²) in [6.45, 7) is 8.51. The van der Waals surface area contributed by atoms with Crippen molar-refractivity contribution >= 4 is 28.7 Å². The fourth-order valence-electron chi connectivity index (χ4n) is 2.72. The van der Waals surface area contributed by atoms with Crippen molar-refractivity contribution in [2.45, 2.75) is 52.2 Å². The molecule has 1 aliphatic heterocycles. The summed E-state index contributed by atoms with van der Waals surface area (Å²) in [4.78, 5) is 17.8. The first-order valence-corrected chi connectivity index (χ1v) is 9.21. The fourth-order valence-corrected chi connectivity index (χ4v) is 3.26. The van der Waals surface area contributed by atoms with Crippen LogP contribution >= 0.6 is 22.6 Å². The minimum absolute atomic E-state index is 0.125. The minimum atomic E-state index is -0.629. The molecule has 2 rings (SSSR count). The van der Waals surface area contributed by atoms with Crippen LogP contribution in [0.1, 0.15) is 40.5 Å². The molecule has 24 heavy (non-hydrogen) atoms. The van der Waals surface area contributed by atoms with Crippen LogP contribution in [0.15, 0.2) is 12.3 Å². The number of aromatic nitrogens is 1. The van der Waals surface area contributed by atoms with Crippen LogP contribution in [0.25, 0.3) is 0 Å². The van der Waals surface area contributed by atoms with Crippen LogP contribution in [0.4, 0.5) is 9.18 Å². The Balaban J connectivity index is 2.07. The molecule has 0 saturated carbocycles. The Bertz CT molecular complexity index is 571. The molecule has 1 aromatic heterocycles. The van der Waals surface area contributed by atoms with Crippen molar-refractivity contribution in [1.82, 2.24) is 9.88 Å². The van der Waals surface area contributed by atoms with Gasteiger partial charge < -0.3 is 14.4 Å². The second kappa shape index (κ2) is 7.84. The van der Waals surface area contributed by atoms with Gasteiger partial charge in [-0.1, -0.05) is 13.3 Å². The number of pyridine rings is 1. The van der Waals surface area contributed by atoms with Gasteiger partial charge in [0.15, 0.2) is 5.75 Å². The van der Waals surface area contributed by atoms with Gasteiger partial charge in [-0.25, -0.2) is 9.78 Å². The van der Waals surface area contributed by atoms with Gasteiger partial charge in [-0.2, -0.15) is 4.39 Å². The van der Waals surface area contributed by atoms with Gasteiger partial charge in [0, 0.05) is 12.7 Å². The standard InChI is InChI=1S/C17H24FIN2O3/c1-5-11-8-12(21(9-11)16(22)24-17(2,3)4)10-23-14-13(19)6-7-20-15(14)18/h6-7,11-12H,5,8-10H2,1-4H3/t11?,12-/m0/s1. The van der Waals surface area contributed by atoms with Crippen LogP contribution in [0.5, 0.6) is 5.75 Å². The van der Waals surface area contributed by atoms with Gasteiger partial charge in [0.1, 0.15) is 12.2 Å². The van der Waals surface area contributed by atoms with Crippen molar-refractivity contribution in [2.24, 2.45) is 5.92 Å². The highest BCUT2D eigenvalue weighted by molar-refractivity contribution is 14.1. The number of rotatable bonds is 4. The number of hydrogen-bond donors (Lipinski definition) is 0. The monoisotopic (exact) mass is 450 g/mol. The molecule has 0 aromatic carbocycles. The highest BCUT2D eigenvalue weighted by Gasteiger charge is 2.37. The number of carbonyl (C=O) groups excluding carboxylic acids is 1. The number of hydrogen-bond acceptors (Lipinski definition) is 4. The normalized spacial score (nSPS) is 21.0. The van der Waals surface area contributed by atoms with Crippen molar-refractivity contribution in [3.05, 3.63) is 21.8 Å². The predicted octanol–water partition coefficient (Wildman–Crippen LogP) is 4.24. The van der Waals surface area contributed by atoms with E-state index in [9.17, 15) is 9.18 Å². The van der Waals surface area contributed by atoms with Crippen molar-refractivity contribution in [3.8, 4) is 5.75 Å². The van der Waals surface area contributed by atoms with Crippen LogP contribution in [0, 0.1) is 15.4 Å². The van der Waals surface area contributed by atoms with Crippen molar-refractivity contribution in [2.75, 3.05) is 13.2 Å². The number of likely N-dealkylation sites (tertiary alicyclic amines) is 1. The highest BCUT2D eigenvalue weighted by Crippen LogP contribution is 2.29. The minimum Gasteiger partial charge on any atom is -0.486 e. The van der Waals surface area contributed by atoms with E-state index in [1.807, 2.05) is 43.4 Å². The van der Waals surface area contributed by atoms with Gasteiger partial charge in [0.25, 0.3) is 5.95 Å². The van der Waals surface area contributed by atoms with Crippen molar-refractivity contribution < 1.29 is 18.7 Å². The third-order valence-corrected chi connectivity index (χ3v) is 4.79. The summed E-state index contributed by atoms with van der Waals surface area (Å²) in [5.41, 5.74) is -0.544. The van der Waals surface area contributed by atoms with E-state index in [1.165, 1.54) is 6.20 Å². The maximum Gasteiger partial charge on any atom is 0.410 e. The summed E-state index contributed by atoms with van der Waals surface area (Å²) in [5, 5.41) is 0. The quantitative estimate of drug-likeness (QED) is 0.509. The lowest BCUT2D eigenvalue weighted by molar-refractivity contribution is 0.0181. The largest absolute Gasteiger partial charge is 0.486 e. The smallest absolute Gasteiger partial charge is 0.410 e. The molecule has 1 fully saturated rings. The summed E-state index contributed by atoms with van der Waals surface area (Å²) in [6.07, 6.45) is 2.87. The molecule has 1 amide bonds. The Labute approximate surface area is 156 Å². The lowest BCUT2D eigenvalue weighted by Gasteiger charge is -2.28. The van der Waals surface area contributed by atoms with E-state index >= 15 is 0 Å². The summed E-state index contributed by atoms with van der Waals surface area (Å²) >= 11 is 2.01. The lowest BCUT2D eigenvalue weighted by Crippen LogP contribution is -2.42. The predicted molar refractivity (Wildman–Crippen MR) is 97.5 cm³/mol. The molecule has 5 nitrogen and oxygen atoms in total. The van der Waals surface area contributed by atoms with E-state index in [2.05, 4.69) is 11.9 Å². The third kappa shape index (κ3) is 4.94. The maximum atomic E-state index is 13.8. The van der Waals surface area contributed by atoms with Crippen LogP contribution in [-0.4, -0.2) is 40.8 Å². The number of nitrogens with zero attached hydrogens (tertiary/aromatic N) is 2. The first-order valence-electron chi connectivity index (χ1n) is 8.13. The average molecular weight is 450 g/mol. The molecule has 0 aliphatic carbocycles. The van der Waals surface area contributed by atoms with Crippen LogP contribution in [0.3, 0.4) is 0 Å². The molecule has 2 heterocycles. The summed E-state index contributed by atoms with van der Waals surface area (Å²) in [5.74, 6) is -0.0816. The number of amides is 1. The topological polar surface area (TPSA) is 51.7 Å². The first-order chi connectivity index (χ1) is 11.2. The molecule has 1 aromatic rings. The van der Waals surface area contributed by atoms with E-state index in [4.69, 9.17) is 9.47 Å². The Morgan fingerprint density at radius 1 is 1.50 bits per heavy atom. The first kappa shape index (κ1) is 19.2. The molecule has 134 valence electrons. The van der Waals surface area contributed by atoms with E-state index < -0.39 is 11.5 Å². The molecule has 2 atom stereocenters. The molecule has 7 heteroatoms. The molecule has 0 spiro atoms. The van der Waals surface area contributed by atoms with Gasteiger partial charge in [0.2, 0.25) is 0 Å². The zero-order valence-electron chi connectivity index (χ0n) is 14.5. The maximum absolute atomic E-state index is 13.8. The Morgan fingerprint density at radius 2 is 2.21 bits per heavy atom. The second-order valence-electron chi connectivity index (χ2n) is 7.02. The third-order valence-electron chi connectivity index (χ3n) is 3.94. The van der Waals surface area contributed by atoms with E-state index in [0.717, 1.165) is 12.8 Å². The van der Waals surface area contributed by atoms with E-state index in [-0.39, 0.29) is 24.5 Å². The molecular weight excluding hydrogens is 426 g/mol. The van der Waals surface area contributed by atoms with Crippen LogP contribution in [0.2, 0.25) is 0 Å². The van der Waals surface area contributed by atoms with Gasteiger partial charge in [-0.15, -0.1) is 0 Å². The molecule has 0 bridgehead atoms. The van der Waals surface area contributed by atoms with E-state index in [0.29, 0.717) is 16.0 Å². The molecule has 1 unspecified atom stereocenters. The zero-order chi connectivity index (χ0) is 17.9. The molecular formula is C17H24FIN2O3. The lowest BCUT2D eigenvalue weighted by atomic mass is 10.0. The Hall–Kier alpha value is -1.12. The van der Waals surface area contributed by atoms with Crippen LogP contribution in [-0.2, 0) is 4.74 Å². The van der Waals surface area contributed by atoms with Gasteiger partial charge >= 0.3 is 6.09 Å². The molecule has 1 saturated heterocycles. The molecule has 0 N–H and O–H groups in total. The number of carbonyl (C=O) groups is 1. The van der Waals surface area contributed by atoms with Crippen molar-refractivity contribution in [1.29, 1.82) is 0 Å². The Kier molecular flexibility index (Phi) is 6.28. The van der Waals surface area contributed by atoms with E-state index in [1.54, 1.807) is 11.0 Å². The summed E-state index contributed by atoms with van der Waals surface area (Å²) in [6, 6.07) is 1.56. The zero-order valence-corrected chi connectivity index (χ0v) is 16.7. The van der Waals surface area contributed by atoms with Gasteiger partial charge in [-0.05, 0) is 61.8 Å².